The highest BCUT2D eigenvalue weighted by Crippen LogP contribution is 2.30. The van der Waals surface area contributed by atoms with Gasteiger partial charge in [0.05, 0.1) is 7.11 Å². The molecule has 0 bridgehead atoms. The summed E-state index contributed by atoms with van der Waals surface area (Å²) in [6.45, 7) is 0. The van der Waals surface area contributed by atoms with E-state index in [0.717, 1.165) is 0 Å². The van der Waals surface area contributed by atoms with Crippen LogP contribution in [0, 0.1) is 0 Å². The van der Waals surface area contributed by atoms with Crippen LogP contribution >= 0.6 is 0 Å². The second-order valence-electron chi connectivity index (χ2n) is 5.71. The van der Waals surface area contributed by atoms with Crippen molar-refractivity contribution in [3.63, 3.8) is 0 Å². The van der Waals surface area contributed by atoms with Gasteiger partial charge in [0.15, 0.2) is 5.92 Å². The highest BCUT2D eigenvalue weighted by atomic mass is 16.5. The Morgan fingerprint density at radius 2 is 1.15 bits per heavy atom. The van der Waals surface area contributed by atoms with E-state index < -0.39 is 11.9 Å². The zero-order chi connectivity index (χ0) is 18.4. The van der Waals surface area contributed by atoms with E-state index in [2.05, 4.69) is 0 Å². The first kappa shape index (κ1) is 17.4. The average molecular weight is 345 g/mol. The van der Waals surface area contributed by atoms with E-state index in [1.807, 2.05) is 66.7 Å². The molecule has 0 aliphatic heterocycles. The molecule has 0 unspecified atom stereocenters. The molecule has 4 heteroatoms. The maximum Gasteiger partial charge on any atom is 0.322 e. The highest BCUT2D eigenvalue weighted by Gasteiger charge is 2.34. The van der Waals surface area contributed by atoms with Crippen LogP contribution < -0.4 is 4.90 Å². The SMILES string of the molecule is COC(=O)[C@H](C(=O)N(c1ccccc1)c1ccccc1)c1ccccc1. The van der Waals surface area contributed by atoms with Gasteiger partial charge in [-0.2, -0.15) is 0 Å². The first-order valence-corrected chi connectivity index (χ1v) is 8.29. The quantitative estimate of drug-likeness (QED) is 0.511. The van der Waals surface area contributed by atoms with E-state index in [4.69, 9.17) is 4.74 Å². The molecule has 0 N–H and O–H groups in total. The van der Waals surface area contributed by atoms with Crippen LogP contribution in [0.4, 0.5) is 11.4 Å². The van der Waals surface area contributed by atoms with Gasteiger partial charge in [0.1, 0.15) is 0 Å². The monoisotopic (exact) mass is 345 g/mol. The van der Waals surface area contributed by atoms with E-state index in [0.29, 0.717) is 16.9 Å². The number of anilines is 2. The Labute approximate surface area is 152 Å². The average Bonchev–Trinajstić information content (AvgIpc) is 2.71. The van der Waals surface area contributed by atoms with Crippen LogP contribution in [0.15, 0.2) is 91.0 Å². The van der Waals surface area contributed by atoms with Crippen LogP contribution in [0.3, 0.4) is 0 Å². The van der Waals surface area contributed by atoms with E-state index in [-0.39, 0.29) is 5.91 Å². The number of methoxy groups -OCH3 is 1. The molecule has 3 aromatic carbocycles. The van der Waals surface area contributed by atoms with Gasteiger partial charge in [0.25, 0.3) is 0 Å². The minimum Gasteiger partial charge on any atom is -0.468 e. The largest absolute Gasteiger partial charge is 0.468 e. The highest BCUT2D eigenvalue weighted by molar-refractivity contribution is 6.13. The Balaban J connectivity index is 2.10. The van der Waals surface area contributed by atoms with Gasteiger partial charge in [0.2, 0.25) is 5.91 Å². The van der Waals surface area contributed by atoms with Crippen LogP contribution in [0.5, 0.6) is 0 Å². The minimum absolute atomic E-state index is 0.361. The number of hydrogen-bond donors (Lipinski definition) is 0. The van der Waals surface area contributed by atoms with Crippen LogP contribution in [-0.2, 0) is 14.3 Å². The van der Waals surface area contributed by atoms with Crippen molar-refractivity contribution in [3.8, 4) is 0 Å². The zero-order valence-electron chi connectivity index (χ0n) is 14.4. The number of esters is 1. The molecule has 4 nitrogen and oxygen atoms in total. The zero-order valence-corrected chi connectivity index (χ0v) is 14.4. The van der Waals surface area contributed by atoms with Gasteiger partial charge in [-0.3, -0.25) is 14.5 Å². The van der Waals surface area contributed by atoms with Crippen molar-refractivity contribution in [2.75, 3.05) is 12.0 Å². The molecule has 1 amide bonds. The molecule has 0 saturated carbocycles. The maximum atomic E-state index is 13.5. The van der Waals surface area contributed by atoms with Crippen molar-refractivity contribution in [1.29, 1.82) is 0 Å². The third-order valence-corrected chi connectivity index (χ3v) is 4.07. The second-order valence-corrected chi connectivity index (χ2v) is 5.71. The number of benzene rings is 3. The summed E-state index contributed by atoms with van der Waals surface area (Å²) < 4.78 is 4.92. The molecule has 0 aliphatic rings. The number of para-hydroxylation sites is 2. The van der Waals surface area contributed by atoms with Gasteiger partial charge in [-0.1, -0.05) is 66.7 Å². The number of hydrogen-bond acceptors (Lipinski definition) is 3. The second kappa shape index (κ2) is 8.12. The van der Waals surface area contributed by atoms with Gasteiger partial charge in [-0.05, 0) is 29.8 Å². The Morgan fingerprint density at radius 1 is 0.731 bits per heavy atom. The summed E-state index contributed by atoms with van der Waals surface area (Å²) in [4.78, 5) is 27.5. The fraction of sp³-hybridized carbons (Fsp3) is 0.0909. The minimum atomic E-state index is -1.04. The lowest BCUT2D eigenvalue weighted by molar-refractivity contribution is -0.145. The van der Waals surface area contributed by atoms with Crippen molar-refractivity contribution in [2.45, 2.75) is 5.92 Å². The standard InChI is InChI=1S/C22H19NO3/c1-26-22(25)20(17-11-5-2-6-12-17)21(24)23(18-13-7-3-8-14-18)19-15-9-4-10-16-19/h2-16,20H,1H3/t20-/m0/s1. The molecule has 1 atom stereocenters. The lowest BCUT2D eigenvalue weighted by Gasteiger charge is -2.27. The molecular formula is C22H19NO3. The molecule has 0 heterocycles. The molecule has 0 aromatic heterocycles. The lowest BCUT2D eigenvalue weighted by atomic mass is 9.97. The van der Waals surface area contributed by atoms with Crippen LogP contribution in [0.1, 0.15) is 11.5 Å². The van der Waals surface area contributed by atoms with Crippen molar-refractivity contribution in [3.05, 3.63) is 96.6 Å². The van der Waals surface area contributed by atoms with Crippen LogP contribution in [0.25, 0.3) is 0 Å². The summed E-state index contributed by atoms with van der Waals surface area (Å²) >= 11 is 0. The van der Waals surface area contributed by atoms with Gasteiger partial charge in [0, 0.05) is 11.4 Å². The van der Waals surface area contributed by atoms with Gasteiger partial charge in [-0.15, -0.1) is 0 Å². The van der Waals surface area contributed by atoms with E-state index in [9.17, 15) is 9.59 Å². The summed E-state index contributed by atoms with van der Waals surface area (Å²) in [5, 5.41) is 0. The van der Waals surface area contributed by atoms with Gasteiger partial charge >= 0.3 is 5.97 Å². The predicted octanol–water partition coefficient (Wildman–Crippen LogP) is 4.31. The van der Waals surface area contributed by atoms with Crippen molar-refractivity contribution in [1.82, 2.24) is 0 Å². The molecule has 0 radical (unpaired) electrons. The summed E-state index contributed by atoms with van der Waals surface area (Å²) in [6.07, 6.45) is 0. The number of carbonyl (C=O) groups is 2. The number of carbonyl (C=O) groups excluding carboxylic acids is 2. The maximum absolute atomic E-state index is 13.5. The Bertz CT molecular complexity index is 824. The van der Waals surface area contributed by atoms with E-state index >= 15 is 0 Å². The third kappa shape index (κ3) is 3.64. The first-order valence-electron chi connectivity index (χ1n) is 8.29. The molecular weight excluding hydrogens is 326 g/mol. The molecule has 0 aliphatic carbocycles. The van der Waals surface area contributed by atoms with Gasteiger partial charge < -0.3 is 4.74 Å². The Morgan fingerprint density at radius 3 is 1.58 bits per heavy atom. The predicted molar refractivity (Wildman–Crippen MR) is 101 cm³/mol. The van der Waals surface area contributed by atoms with Gasteiger partial charge in [-0.25, -0.2) is 0 Å². The fourth-order valence-corrected chi connectivity index (χ4v) is 2.83. The van der Waals surface area contributed by atoms with Crippen molar-refractivity contribution < 1.29 is 14.3 Å². The summed E-state index contributed by atoms with van der Waals surface area (Å²) in [5.74, 6) is -1.99. The van der Waals surface area contributed by atoms with E-state index in [1.165, 1.54) is 7.11 Å². The number of amides is 1. The number of ether oxygens (including phenoxy) is 1. The molecule has 0 fully saturated rings. The Kier molecular flexibility index (Phi) is 5.44. The normalized spacial score (nSPS) is 11.4. The van der Waals surface area contributed by atoms with Crippen LogP contribution in [-0.4, -0.2) is 19.0 Å². The summed E-state index contributed by atoms with van der Waals surface area (Å²) in [6, 6.07) is 27.5. The topological polar surface area (TPSA) is 46.6 Å². The van der Waals surface area contributed by atoms with E-state index in [1.54, 1.807) is 29.2 Å². The van der Waals surface area contributed by atoms with Crippen molar-refractivity contribution >= 4 is 23.3 Å². The molecule has 26 heavy (non-hydrogen) atoms. The molecule has 0 spiro atoms. The summed E-state index contributed by atoms with van der Waals surface area (Å²) in [7, 11) is 1.29. The molecule has 0 saturated heterocycles. The smallest absolute Gasteiger partial charge is 0.322 e. The number of nitrogens with zero attached hydrogens (tertiary/aromatic N) is 1. The molecule has 130 valence electrons. The summed E-state index contributed by atoms with van der Waals surface area (Å²) in [5.41, 5.74) is 1.98. The third-order valence-electron chi connectivity index (χ3n) is 4.07. The molecule has 3 rings (SSSR count). The van der Waals surface area contributed by atoms with Crippen LogP contribution in [0.2, 0.25) is 0 Å². The molecule has 3 aromatic rings. The first-order chi connectivity index (χ1) is 12.7. The van der Waals surface area contributed by atoms with Crippen molar-refractivity contribution in [2.24, 2.45) is 0 Å². The Hall–Kier alpha value is -3.40. The number of rotatable bonds is 5. The fourth-order valence-electron chi connectivity index (χ4n) is 2.83. The lowest BCUT2D eigenvalue weighted by Crippen LogP contribution is -2.35.